The van der Waals surface area contributed by atoms with E-state index in [4.69, 9.17) is 4.74 Å². The Hall–Kier alpha value is -3.65. The molecule has 1 aliphatic rings. The third-order valence-corrected chi connectivity index (χ3v) is 4.89. The number of Topliss-reactive ketones (excluding diaryl/α,β-unsaturated/α-hetero) is 1. The van der Waals surface area contributed by atoms with Gasteiger partial charge in [0.15, 0.2) is 0 Å². The molecule has 1 saturated heterocycles. The molecule has 1 fully saturated rings. The van der Waals surface area contributed by atoms with E-state index < -0.39 is 23.7 Å². The second kappa shape index (κ2) is 8.79. The minimum atomic E-state index is -0.911. The van der Waals surface area contributed by atoms with Gasteiger partial charge in [-0.1, -0.05) is 12.1 Å². The lowest BCUT2D eigenvalue weighted by Crippen LogP contribution is -2.32. The van der Waals surface area contributed by atoms with Crippen molar-refractivity contribution in [1.29, 1.82) is 0 Å². The number of hydrogen-bond acceptors (Lipinski definition) is 7. The number of ether oxygens (including phenoxy) is 2. The first-order valence-corrected chi connectivity index (χ1v) is 9.15. The van der Waals surface area contributed by atoms with Gasteiger partial charge in [-0.25, -0.2) is 4.79 Å². The second-order valence-corrected chi connectivity index (χ2v) is 6.56. The van der Waals surface area contributed by atoms with Crippen LogP contribution in [0.25, 0.3) is 5.76 Å². The molecule has 2 N–H and O–H groups in total. The van der Waals surface area contributed by atoms with E-state index in [2.05, 4.69) is 4.74 Å². The fraction of sp³-hybridized carbons (Fsp3) is 0.227. The lowest BCUT2D eigenvalue weighted by atomic mass is 9.94. The topological polar surface area (TPSA) is 113 Å². The van der Waals surface area contributed by atoms with Crippen LogP contribution in [0.2, 0.25) is 0 Å². The third-order valence-electron chi connectivity index (χ3n) is 4.89. The van der Waals surface area contributed by atoms with Gasteiger partial charge in [0.1, 0.15) is 11.5 Å². The summed E-state index contributed by atoms with van der Waals surface area (Å²) in [6.07, 6.45) is 0. The molecule has 0 spiro atoms. The summed E-state index contributed by atoms with van der Waals surface area (Å²) in [7, 11) is 2.77. The first kappa shape index (κ1) is 21.1. The number of esters is 1. The maximum atomic E-state index is 12.7. The van der Waals surface area contributed by atoms with Gasteiger partial charge in [0, 0.05) is 12.1 Å². The summed E-state index contributed by atoms with van der Waals surface area (Å²) in [4.78, 5) is 38.2. The maximum absolute atomic E-state index is 12.7. The normalized spacial score (nSPS) is 17.8. The fourth-order valence-electron chi connectivity index (χ4n) is 3.39. The van der Waals surface area contributed by atoms with Crippen LogP contribution in [0.15, 0.2) is 54.1 Å². The van der Waals surface area contributed by atoms with Crippen molar-refractivity contribution in [3.63, 3.8) is 0 Å². The number of amides is 1. The van der Waals surface area contributed by atoms with Crippen LogP contribution in [0.1, 0.15) is 27.5 Å². The summed E-state index contributed by atoms with van der Waals surface area (Å²) in [6.45, 7) is -0.445. The number of hydrogen-bond donors (Lipinski definition) is 2. The molecular formula is C22H21NO7. The number of benzene rings is 2. The summed E-state index contributed by atoms with van der Waals surface area (Å²) < 4.78 is 9.78. The number of aliphatic hydroxyl groups is 2. The van der Waals surface area contributed by atoms with Gasteiger partial charge in [-0.05, 0) is 42.0 Å². The number of carbonyl (C=O) groups excluding carboxylic acids is 3. The maximum Gasteiger partial charge on any atom is 0.337 e. The molecule has 3 rings (SSSR count). The summed E-state index contributed by atoms with van der Waals surface area (Å²) in [5, 5.41) is 20.3. The average Bonchev–Trinajstić information content (AvgIpc) is 3.03. The molecular weight excluding hydrogens is 390 g/mol. The Balaban J connectivity index is 2.11. The molecule has 0 saturated carbocycles. The zero-order valence-corrected chi connectivity index (χ0v) is 16.5. The molecule has 30 heavy (non-hydrogen) atoms. The number of rotatable bonds is 6. The third kappa shape index (κ3) is 3.77. The van der Waals surface area contributed by atoms with E-state index >= 15 is 0 Å². The Morgan fingerprint density at radius 3 is 2.13 bits per heavy atom. The molecule has 1 atom stereocenters. The summed E-state index contributed by atoms with van der Waals surface area (Å²) in [6, 6.07) is 11.7. The van der Waals surface area contributed by atoms with Crippen molar-refractivity contribution in [2.45, 2.75) is 6.04 Å². The summed E-state index contributed by atoms with van der Waals surface area (Å²) in [5.41, 5.74) is 1.05. The minimum Gasteiger partial charge on any atom is -0.507 e. The van der Waals surface area contributed by atoms with Gasteiger partial charge in [0.2, 0.25) is 0 Å². The van der Waals surface area contributed by atoms with Crippen LogP contribution in [-0.4, -0.2) is 60.1 Å². The van der Waals surface area contributed by atoms with Gasteiger partial charge in [0.05, 0.1) is 38.0 Å². The van der Waals surface area contributed by atoms with E-state index in [1.165, 1.54) is 31.3 Å². The fourth-order valence-corrected chi connectivity index (χ4v) is 3.39. The number of aliphatic hydroxyl groups excluding tert-OH is 2. The van der Waals surface area contributed by atoms with Crippen molar-refractivity contribution in [1.82, 2.24) is 4.90 Å². The first-order valence-electron chi connectivity index (χ1n) is 9.15. The van der Waals surface area contributed by atoms with E-state index in [9.17, 15) is 24.6 Å². The van der Waals surface area contributed by atoms with Gasteiger partial charge in [-0.3, -0.25) is 9.59 Å². The van der Waals surface area contributed by atoms with E-state index in [-0.39, 0.29) is 24.5 Å². The van der Waals surface area contributed by atoms with Gasteiger partial charge < -0.3 is 24.6 Å². The van der Waals surface area contributed by atoms with Gasteiger partial charge >= 0.3 is 5.97 Å². The zero-order chi connectivity index (χ0) is 21.8. The molecule has 2 aromatic carbocycles. The predicted molar refractivity (Wildman–Crippen MR) is 107 cm³/mol. The van der Waals surface area contributed by atoms with Crippen molar-refractivity contribution in [2.75, 3.05) is 27.4 Å². The molecule has 1 amide bonds. The van der Waals surface area contributed by atoms with Gasteiger partial charge in [0.25, 0.3) is 11.7 Å². The number of likely N-dealkylation sites (tertiary alicyclic amines) is 1. The van der Waals surface area contributed by atoms with Crippen LogP contribution in [0.5, 0.6) is 5.75 Å². The van der Waals surface area contributed by atoms with Crippen LogP contribution < -0.4 is 4.74 Å². The Morgan fingerprint density at radius 1 is 1.00 bits per heavy atom. The van der Waals surface area contributed by atoms with E-state index in [1.807, 2.05) is 0 Å². The van der Waals surface area contributed by atoms with E-state index in [0.29, 0.717) is 22.4 Å². The highest BCUT2D eigenvalue weighted by Crippen LogP contribution is 2.39. The number of carbonyl (C=O) groups is 3. The summed E-state index contributed by atoms with van der Waals surface area (Å²) >= 11 is 0. The van der Waals surface area contributed by atoms with Crippen molar-refractivity contribution >= 4 is 23.4 Å². The molecule has 0 radical (unpaired) electrons. The van der Waals surface area contributed by atoms with E-state index in [0.717, 1.165) is 0 Å². The van der Waals surface area contributed by atoms with Crippen molar-refractivity contribution in [3.8, 4) is 5.75 Å². The van der Waals surface area contributed by atoms with Crippen LogP contribution in [0, 0.1) is 0 Å². The monoisotopic (exact) mass is 411 g/mol. The molecule has 1 heterocycles. The number of nitrogens with zero attached hydrogens (tertiary/aromatic N) is 1. The minimum absolute atomic E-state index is 0.0899. The molecule has 8 nitrogen and oxygen atoms in total. The average molecular weight is 411 g/mol. The summed E-state index contributed by atoms with van der Waals surface area (Å²) in [5.74, 6) is -1.95. The molecule has 1 unspecified atom stereocenters. The highest BCUT2D eigenvalue weighted by atomic mass is 16.5. The second-order valence-electron chi connectivity index (χ2n) is 6.56. The number of methoxy groups -OCH3 is 2. The molecule has 8 heteroatoms. The molecule has 0 aromatic heterocycles. The largest absolute Gasteiger partial charge is 0.507 e. The van der Waals surface area contributed by atoms with Crippen molar-refractivity contribution in [3.05, 3.63) is 70.8 Å². The SMILES string of the molecule is COC(=O)c1ccc(C2/C(=C(\O)c3ccc(OC)cc3)C(=O)C(=O)N2CCO)cc1. The predicted octanol–water partition coefficient (Wildman–Crippen LogP) is 1.90. The van der Waals surface area contributed by atoms with E-state index in [1.54, 1.807) is 36.4 Å². The first-order chi connectivity index (χ1) is 14.4. The molecule has 0 aliphatic carbocycles. The lowest BCUT2D eigenvalue weighted by molar-refractivity contribution is -0.140. The molecule has 2 aromatic rings. The number of ketones is 1. The highest BCUT2D eigenvalue weighted by Gasteiger charge is 2.45. The standard InChI is InChI=1S/C22H21NO7/c1-29-16-9-7-14(8-10-16)19(25)17-18(23(11-12-24)21(27)20(17)26)13-3-5-15(6-4-13)22(28)30-2/h3-10,18,24-25H,11-12H2,1-2H3/b19-17+. The Labute approximate surface area is 173 Å². The Morgan fingerprint density at radius 2 is 1.60 bits per heavy atom. The highest BCUT2D eigenvalue weighted by molar-refractivity contribution is 6.46. The zero-order valence-electron chi connectivity index (χ0n) is 16.5. The van der Waals surface area contributed by atoms with Crippen LogP contribution in [0.4, 0.5) is 0 Å². The van der Waals surface area contributed by atoms with Crippen LogP contribution in [-0.2, 0) is 14.3 Å². The Bertz CT molecular complexity index is 993. The van der Waals surface area contributed by atoms with Crippen molar-refractivity contribution in [2.24, 2.45) is 0 Å². The lowest BCUT2D eigenvalue weighted by Gasteiger charge is -2.24. The van der Waals surface area contributed by atoms with Gasteiger partial charge in [-0.15, -0.1) is 0 Å². The van der Waals surface area contributed by atoms with Crippen LogP contribution >= 0.6 is 0 Å². The van der Waals surface area contributed by atoms with Crippen molar-refractivity contribution < 1.29 is 34.1 Å². The molecule has 1 aliphatic heterocycles. The smallest absolute Gasteiger partial charge is 0.337 e. The molecule has 0 bridgehead atoms. The molecule has 156 valence electrons. The number of β-amino-alcohol motifs (C(OH)–C–C–N with tert-alkyl or cyclic N) is 1. The van der Waals surface area contributed by atoms with Crippen LogP contribution in [0.3, 0.4) is 0 Å². The Kier molecular flexibility index (Phi) is 6.17. The van der Waals surface area contributed by atoms with Gasteiger partial charge in [-0.2, -0.15) is 0 Å². The quantitative estimate of drug-likeness (QED) is 0.323.